The molecule has 1 aromatic rings. The molecule has 0 saturated carbocycles. The fourth-order valence-corrected chi connectivity index (χ4v) is 3.05. The summed E-state index contributed by atoms with van der Waals surface area (Å²) in [5.41, 5.74) is 0.963. The second-order valence-electron chi connectivity index (χ2n) is 9.11. The molecule has 174 valence electrons. The number of nitrogens with zero attached hydrogens (tertiary/aromatic N) is 2. The number of hydrogen-bond donors (Lipinski definition) is 3. The van der Waals surface area contributed by atoms with Gasteiger partial charge in [-0.3, -0.25) is 9.79 Å². The Morgan fingerprint density at radius 2 is 1.77 bits per heavy atom. The van der Waals surface area contributed by atoms with Gasteiger partial charge in [0.15, 0.2) is 5.96 Å². The van der Waals surface area contributed by atoms with Crippen molar-refractivity contribution in [2.75, 3.05) is 25.0 Å². The molecule has 1 aliphatic heterocycles. The molecule has 1 aliphatic rings. The average molecular weight is 545 g/mol. The summed E-state index contributed by atoms with van der Waals surface area (Å²) < 4.78 is 5.32. The number of anilines is 1. The minimum Gasteiger partial charge on any atom is -0.444 e. The molecular weight excluding hydrogens is 509 g/mol. The van der Waals surface area contributed by atoms with Crippen LogP contribution >= 0.6 is 24.0 Å². The third-order valence-corrected chi connectivity index (χ3v) is 4.54. The topological polar surface area (TPSA) is 95.1 Å². The number of benzene rings is 1. The summed E-state index contributed by atoms with van der Waals surface area (Å²) in [7, 11) is 1.70. The van der Waals surface area contributed by atoms with E-state index in [9.17, 15) is 9.59 Å². The van der Waals surface area contributed by atoms with Crippen molar-refractivity contribution in [2.24, 2.45) is 4.99 Å². The number of rotatable bonds is 6. The highest BCUT2D eigenvalue weighted by molar-refractivity contribution is 14.0. The summed E-state index contributed by atoms with van der Waals surface area (Å²) >= 11 is 0. The number of guanidine groups is 1. The summed E-state index contributed by atoms with van der Waals surface area (Å²) in [5.74, 6) is 0.820. The Bertz CT molecular complexity index is 772. The van der Waals surface area contributed by atoms with Crippen LogP contribution in [0.5, 0.6) is 0 Å². The van der Waals surface area contributed by atoms with E-state index in [1.165, 1.54) is 0 Å². The number of aliphatic imine (C=N–C) groups is 1. The van der Waals surface area contributed by atoms with Gasteiger partial charge in [0, 0.05) is 38.8 Å². The van der Waals surface area contributed by atoms with Gasteiger partial charge >= 0.3 is 6.09 Å². The van der Waals surface area contributed by atoms with E-state index in [0.717, 1.165) is 24.2 Å². The van der Waals surface area contributed by atoms with Crippen LogP contribution in [0.3, 0.4) is 0 Å². The minimum atomic E-state index is -0.539. The number of halogens is 1. The number of alkyl carbamates (subject to hydrolysis) is 1. The van der Waals surface area contributed by atoms with Gasteiger partial charge in [-0.1, -0.05) is 12.1 Å². The molecule has 3 N–H and O–H groups in total. The Morgan fingerprint density at radius 3 is 2.29 bits per heavy atom. The first-order valence-electron chi connectivity index (χ1n) is 10.3. The van der Waals surface area contributed by atoms with Crippen LogP contribution in [-0.4, -0.2) is 49.2 Å². The Labute approximate surface area is 202 Å². The van der Waals surface area contributed by atoms with Gasteiger partial charge in [0.2, 0.25) is 5.91 Å². The van der Waals surface area contributed by atoms with Crippen LogP contribution in [-0.2, 0) is 16.1 Å². The van der Waals surface area contributed by atoms with Gasteiger partial charge in [0.25, 0.3) is 0 Å². The van der Waals surface area contributed by atoms with Crippen LogP contribution in [0.1, 0.15) is 53.0 Å². The summed E-state index contributed by atoms with van der Waals surface area (Å²) in [6, 6.07) is 7.97. The Hall–Kier alpha value is -2.04. The number of carbonyl (C=O) groups excluding carboxylic acids is 2. The molecule has 0 spiro atoms. The van der Waals surface area contributed by atoms with Crippen LogP contribution in [0.15, 0.2) is 29.3 Å². The predicted molar refractivity (Wildman–Crippen MR) is 135 cm³/mol. The molecule has 1 heterocycles. The molecular formula is C22H36IN5O3. The maximum atomic E-state index is 12.0. The van der Waals surface area contributed by atoms with Gasteiger partial charge in [0.05, 0.1) is 5.54 Å². The summed E-state index contributed by atoms with van der Waals surface area (Å²) in [4.78, 5) is 29.9. The van der Waals surface area contributed by atoms with Crippen LogP contribution in [0.25, 0.3) is 0 Å². The number of amides is 2. The zero-order valence-corrected chi connectivity index (χ0v) is 21.7. The summed E-state index contributed by atoms with van der Waals surface area (Å²) in [6.07, 6.45) is 1.10. The van der Waals surface area contributed by atoms with E-state index in [4.69, 9.17) is 4.74 Å². The molecule has 2 rings (SSSR count). The highest BCUT2D eigenvalue weighted by Gasteiger charge is 2.25. The van der Waals surface area contributed by atoms with E-state index < -0.39 is 17.2 Å². The molecule has 31 heavy (non-hydrogen) atoms. The summed E-state index contributed by atoms with van der Waals surface area (Å²) in [5, 5.41) is 9.35. The minimum absolute atomic E-state index is 0. The average Bonchev–Trinajstić information content (AvgIpc) is 3.06. The predicted octanol–water partition coefficient (Wildman–Crippen LogP) is 3.40. The maximum Gasteiger partial charge on any atom is 0.408 e. The lowest BCUT2D eigenvalue weighted by Gasteiger charge is -2.29. The van der Waals surface area contributed by atoms with Crippen molar-refractivity contribution >= 4 is 47.6 Å². The van der Waals surface area contributed by atoms with Gasteiger partial charge in [-0.05, 0) is 58.7 Å². The molecule has 0 bridgehead atoms. The van der Waals surface area contributed by atoms with Crippen molar-refractivity contribution in [1.82, 2.24) is 16.0 Å². The van der Waals surface area contributed by atoms with E-state index in [-0.39, 0.29) is 29.9 Å². The largest absolute Gasteiger partial charge is 0.444 e. The number of ether oxygens (including phenoxy) is 1. The maximum absolute atomic E-state index is 12.0. The smallest absolute Gasteiger partial charge is 0.408 e. The Balaban J connectivity index is 0.00000480. The van der Waals surface area contributed by atoms with Gasteiger partial charge in [-0.15, -0.1) is 24.0 Å². The number of nitrogens with one attached hydrogen (secondary N) is 3. The van der Waals surface area contributed by atoms with E-state index in [1.54, 1.807) is 7.05 Å². The second kappa shape index (κ2) is 11.5. The third-order valence-electron chi connectivity index (χ3n) is 4.54. The molecule has 2 amide bonds. The molecule has 1 saturated heterocycles. The lowest BCUT2D eigenvalue weighted by molar-refractivity contribution is -0.117. The first-order valence-corrected chi connectivity index (χ1v) is 10.3. The molecule has 0 aromatic heterocycles. The lowest BCUT2D eigenvalue weighted by Crippen LogP contribution is -2.54. The number of carbonyl (C=O) groups is 2. The van der Waals surface area contributed by atoms with Crippen molar-refractivity contribution < 1.29 is 14.3 Å². The molecule has 0 aliphatic carbocycles. The lowest BCUT2D eigenvalue weighted by atomic mass is 10.1. The molecule has 8 nitrogen and oxygen atoms in total. The Morgan fingerprint density at radius 1 is 1.13 bits per heavy atom. The fraction of sp³-hybridized carbons (Fsp3) is 0.591. The van der Waals surface area contributed by atoms with Gasteiger partial charge < -0.3 is 25.6 Å². The van der Waals surface area contributed by atoms with E-state index in [0.29, 0.717) is 25.5 Å². The molecule has 0 unspecified atom stereocenters. The highest BCUT2D eigenvalue weighted by Crippen LogP contribution is 2.21. The van der Waals surface area contributed by atoms with Crippen molar-refractivity contribution in [2.45, 2.75) is 65.1 Å². The summed E-state index contributed by atoms with van der Waals surface area (Å²) in [6.45, 7) is 11.2. The number of hydrogen-bond acceptors (Lipinski definition) is 4. The van der Waals surface area contributed by atoms with Crippen molar-refractivity contribution in [3.8, 4) is 0 Å². The Kier molecular flexibility index (Phi) is 10.1. The van der Waals surface area contributed by atoms with Gasteiger partial charge in [-0.25, -0.2) is 4.79 Å². The molecule has 0 radical (unpaired) electrons. The molecule has 0 atom stereocenters. The monoisotopic (exact) mass is 545 g/mol. The first-order chi connectivity index (χ1) is 14.0. The fourth-order valence-electron chi connectivity index (χ4n) is 3.05. The zero-order chi connectivity index (χ0) is 22.4. The van der Waals surface area contributed by atoms with Crippen LogP contribution in [0.2, 0.25) is 0 Å². The quantitative estimate of drug-likeness (QED) is 0.290. The standard InChI is InChI=1S/C22H35N5O3.HI/c1-21(2,3)30-20(29)26-22(4,5)15-25-19(23-6)24-14-16-9-11-17(12-10-16)27-13-7-8-18(27)28;/h9-12H,7-8,13-15H2,1-6H3,(H,26,29)(H2,23,24,25);1H. The third kappa shape index (κ3) is 9.32. The van der Waals surface area contributed by atoms with Crippen LogP contribution in [0.4, 0.5) is 10.5 Å². The van der Waals surface area contributed by atoms with Crippen LogP contribution < -0.4 is 20.9 Å². The van der Waals surface area contributed by atoms with E-state index in [1.807, 2.05) is 63.8 Å². The van der Waals surface area contributed by atoms with Crippen molar-refractivity contribution in [3.63, 3.8) is 0 Å². The normalized spacial score (nSPS) is 14.7. The van der Waals surface area contributed by atoms with E-state index >= 15 is 0 Å². The van der Waals surface area contributed by atoms with E-state index in [2.05, 4.69) is 20.9 Å². The first kappa shape index (κ1) is 27.0. The van der Waals surface area contributed by atoms with Gasteiger partial charge in [0.1, 0.15) is 5.60 Å². The van der Waals surface area contributed by atoms with Gasteiger partial charge in [-0.2, -0.15) is 0 Å². The van der Waals surface area contributed by atoms with Crippen LogP contribution in [0, 0.1) is 0 Å². The second-order valence-corrected chi connectivity index (χ2v) is 9.11. The highest BCUT2D eigenvalue weighted by atomic mass is 127. The van der Waals surface area contributed by atoms with Crippen molar-refractivity contribution in [1.29, 1.82) is 0 Å². The molecule has 1 aromatic carbocycles. The molecule has 1 fully saturated rings. The SMILES string of the molecule is CN=C(NCc1ccc(N2CCCC2=O)cc1)NCC(C)(C)NC(=O)OC(C)(C)C.I. The van der Waals surface area contributed by atoms with Crippen molar-refractivity contribution in [3.05, 3.63) is 29.8 Å². The zero-order valence-electron chi connectivity index (χ0n) is 19.4. The molecule has 9 heteroatoms.